The smallest absolute Gasteiger partial charge is 0.419 e. The molecule has 2 fully saturated rings. The van der Waals surface area contributed by atoms with E-state index in [-0.39, 0.29) is 11.8 Å². The van der Waals surface area contributed by atoms with Crippen molar-refractivity contribution < 1.29 is 26.8 Å². The van der Waals surface area contributed by atoms with Crippen molar-refractivity contribution in [1.82, 2.24) is 24.9 Å². The van der Waals surface area contributed by atoms with Crippen LogP contribution in [-0.2, 0) is 19.6 Å². The van der Waals surface area contributed by atoms with Gasteiger partial charge in [-0.15, -0.1) is 0 Å². The molecule has 0 amide bonds. The van der Waals surface area contributed by atoms with E-state index in [1.54, 1.807) is 14.0 Å². The minimum absolute atomic E-state index is 0.0517. The first-order chi connectivity index (χ1) is 15.7. The molecule has 33 heavy (non-hydrogen) atoms. The highest BCUT2D eigenvalue weighted by Gasteiger charge is 2.43. The van der Waals surface area contributed by atoms with E-state index in [0.717, 1.165) is 38.1 Å². The number of alkyl halides is 3. The number of hydrogen-bond donors (Lipinski definition) is 0. The minimum Gasteiger partial charge on any atom is -0.424 e. The van der Waals surface area contributed by atoms with Gasteiger partial charge < -0.3 is 14.2 Å². The second-order valence-electron chi connectivity index (χ2n) is 8.67. The molecule has 0 spiro atoms. The Balaban J connectivity index is 1.28. The molecule has 1 aliphatic carbocycles. The molecule has 1 aromatic carbocycles. The number of halogens is 4. The number of benzene rings is 1. The van der Waals surface area contributed by atoms with Crippen LogP contribution in [0.5, 0.6) is 11.8 Å². The van der Waals surface area contributed by atoms with E-state index in [0.29, 0.717) is 47.9 Å². The molecule has 5 rings (SSSR count). The largest absolute Gasteiger partial charge is 0.424 e. The molecule has 2 atom stereocenters. The summed E-state index contributed by atoms with van der Waals surface area (Å²) in [6.45, 7) is 3.42. The molecule has 8 nitrogen and oxygen atoms in total. The van der Waals surface area contributed by atoms with Gasteiger partial charge in [0.05, 0.1) is 5.56 Å². The number of nitrogens with zero attached hydrogens (tertiary/aromatic N) is 6. The third-order valence-electron chi connectivity index (χ3n) is 6.45. The number of ether oxygens (including phenoxy) is 1. The second-order valence-corrected chi connectivity index (χ2v) is 8.67. The van der Waals surface area contributed by atoms with Gasteiger partial charge in [0, 0.05) is 26.6 Å². The highest BCUT2D eigenvalue weighted by molar-refractivity contribution is 5.33. The lowest BCUT2D eigenvalue weighted by atomic mass is 9.82. The highest BCUT2D eigenvalue weighted by atomic mass is 19.4. The molecule has 2 aliphatic rings. The number of anilines is 1. The first-order valence-corrected chi connectivity index (χ1v) is 10.7. The number of aromatic nitrogens is 5. The summed E-state index contributed by atoms with van der Waals surface area (Å²) in [6, 6.07) is 3.08. The Bertz CT molecular complexity index is 1150. The van der Waals surface area contributed by atoms with Crippen molar-refractivity contribution >= 4 is 6.01 Å². The van der Waals surface area contributed by atoms with Gasteiger partial charge in [-0.05, 0) is 55.7 Å². The molecule has 2 unspecified atom stereocenters. The van der Waals surface area contributed by atoms with Gasteiger partial charge in [0.1, 0.15) is 11.6 Å². The zero-order valence-corrected chi connectivity index (χ0v) is 18.0. The third-order valence-corrected chi connectivity index (χ3v) is 6.45. The molecule has 1 aliphatic heterocycles. The second kappa shape index (κ2) is 7.99. The summed E-state index contributed by atoms with van der Waals surface area (Å²) < 4.78 is 64.7. The SMILES string of the molecule is Cc1noc(N2CC3CCC(C2)C3Cc2nc(Oc3ccc(F)c(C(F)(F)F)c3)n(C)n2)n1. The molecular formula is C21H22F4N6O2. The van der Waals surface area contributed by atoms with E-state index >= 15 is 0 Å². The van der Waals surface area contributed by atoms with Crippen molar-refractivity contribution in [2.45, 2.75) is 32.4 Å². The summed E-state index contributed by atoms with van der Waals surface area (Å²) >= 11 is 0. The van der Waals surface area contributed by atoms with Gasteiger partial charge in [-0.25, -0.2) is 9.07 Å². The van der Waals surface area contributed by atoms with Gasteiger partial charge in [-0.3, -0.25) is 0 Å². The van der Waals surface area contributed by atoms with Gasteiger partial charge >= 0.3 is 18.2 Å². The summed E-state index contributed by atoms with van der Waals surface area (Å²) in [5.74, 6) is 0.886. The lowest BCUT2D eigenvalue weighted by molar-refractivity contribution is -0.140. The van der Waals surface area contributed by atoms with Crippen LogP contribution in [0.4, 0.5) is 23.6 Å². The Morgan fingerprint density at radius 2 is 1.88 bits per heavy atom. The van der Waals surface area contributed by atoms with Gasteiger partial charge in [0.25, 0.3) is 0 Å². The third kappa shape index (κ3) is 4.25. The molecule has 3 heterocycles. The standard InChI is InChI=1S/C21H22F4N6O2/c1-11-26-20(33-29-11)31-9-12-3-4-13(10-31)15(12)8-18-27-19(30(2)28-18)32-14-5-6-17(22)16(7-14)21(23,24)25/h5-7,12-13,15H,3-4,8-10H2,1-2H3. The Kier molecular flexibility index (Phi) is 5.25. The zero-order valence-electron chi connectivity index (χ0n) is 18.0. The molecule has 176 valence electrons. The summed E-state index contributed by atoms with van der Waals surface area (Å²) in [4.78, 5) is 10.9. The van der Waals surface area contributed by atoms with Gasteiger partial charge in [0.15, 0.2) is 11.6 Å². The van der Waals surface area contributed by atoms with E-state index in [9.17, 15) is 17.6 Å². The van der Waals surface area contributed by atoms with Crippen molar-refractivity contribution in [3.63, 3.8) is 0 Å². The average Bonchev–Trinajstić information content (AvgIpc) is 3.38. The summed E-state index contributed by atoms with van der Waals surface area (Å²) in [5.41, 5.74) is -1.39. The molecular weight excluding hydrogens is 444 g/mol. The van der Waals surface area contributed by atoms with Crippen molar-refractivity contribution in [3.05, 3.63) is 41.2 Å². The maximum Gasteiger partial charge on any atom is 0.419 e. The fourth-order valence-corrected chi connectivity index (χ4v) is 4.94. The van der Waals surface area contributed by atoms with Crippen LogP contribution in [0.2, 0.25) is 0 Å². The number of aryl methyl sites for hydroxylation is 2. The first-order valence-electron chi connectivity index (χ1n) is 10.7. The van der Waals surface area contributed by atoms with Crippen LogP contribution < -0.4 is 9.64 Å². The first kappa shape index (κ1) is 21.7. The normalized spacial score (nSPS) is 22.7. The molecule has 1 saturated carbocycles. The van der Waals surface area contributed by atoms with E-state index in [1.807, 2.05) is 0 Å². The summed E-state index contributed by atoms with van der Waals surface area (Å²) in [6.07, 6.45) is -2.00. The van der Waals surface area contributed by atoms with Crippen LogP contribution >= 0.6 is 0 Å². The zero-order chi connectivity index (χ0) is 23.3. The fourth-order valence-electron chi connectivity index (χ4n) is 4.94. The molecule has 3 aromatic rings. The summed E-state index contributed by atoms with van der Waals surface area (Å²) in [5, 5.41) is 8.27. The number of piperidine rings is 1. The highest BCUT2D eigenvalue weighted by Crippen LogP contribution is 2.44. The van der Waals surface area contributed by atoms with Crippen LogP contribution in [0.1, 0.15) is 30.1 Å². The lowest BCUT2D eigenvalue weighted by Crippen LogP contribution is -2.43. The van der Waals surface area contributed by atoms with Gasteiger partial charge in [-0.2, -0.15) is 28.2 Å². The van der Waals surface area contributed by atoms with Crippen LogP contribution in [-0.4, -0.2) is 38.0 Å². The van der Waals surface area contributed by atoms with E-state index < -0.39 is 17.6 Å². The number of rotatable bonds is 5. The van der Waals surface area contributed by atoms with Crippen LogP contribution in [0.15, 0.2) is 22.7 Å². The predicted molar refractivity (Wildman–Crippen MR) is 107 cm³/mol. The Labute approximate surface area is 186 Å². The molecule has 1 saturated heterocycles. The van der Waals surface area contributed by atoms with Crippen LogP contribution in [0, 0.1) is 30.5 Å². The summed E-state index contributed by atoms with van der Waals surface area (Å²) in [7, 11) is 1.61. The molecule has 0 radical (unpaired) electrons. The van der Waals surface area contributed by atoms with Crippen molar-refractivity contribution in [3.8, 4) is 11.8 Å². The molecule has 0 N–H and O–H groups in total. The molecule has 2 aromatic heterocycles. The van der Waals surface area contributed by atoms with E-state index in [1.165, 1.54) is 4.68 Å². The van der Waals surface area contributed by atoms with Gasteiger partial charge in [0.2, 0.25) is 0 Å². The lowest BCUT2D eigenvalue weighted by Gasteiger charge is -2.36. The molecule has 12 heteroatoms. The Morgan fingerprint density at radius 3 is 2.52 bits per heavy atom. The van der Waals surface area contributed by atoms with Crippen molar-refractivity contribution in [1.29, 1.82) is 0 Å². The average molecular weight is 466 g/mol. The van der Waals surface area contributed by atoms with Crippen LogP contribution in [0.3, 0.4) is 0 Å². The minimum atomic E-state index is -4.82. The van der Waals surface area contributed by atoms with Gasteiger partial charge in [-0.1, -0.05) is 5.16 Å². The predicted octanol–water partition coefficient (Wildman–Crippen LogP) is 4.16. The number of fused-ring (bicyclic) bond motifs is 2. The maximum atomic E-state index is 13.5. The molecule has 2 bridgehead atoms. The quantitative estimate of drug-likeness (QED) is 0.522. The van der Waals surface area contributed by atoms with Crippen LogP contribution in [0.25, 0.3) is 0 Å². The number of hydrogen-bond acceptors (Lipinski definition) is 7. The Morgan fingerprint density at radius 1 is 1.15 bits per heavy atom. The fraction of sp³-hybridized carbons (Fsp3) is 0.524. The van der Waals surface area contributed by atoms with Crippen molar-refractivity contribution in [2.75, 3.05) is 18.0 Å². The topological polar surface area (TPSA) is 82.1 Å². The van der Waals surface area contributed by atoms with E-state index in [4.69, 9.17) is 9.26 Å². The van der Waals surface area contributed by atoms with Crippen molar-refractivity contribution in [2.24, 2.45) is 24.8 Å². The monoisotopic (exact) mass is 466 g/mol. The van der Waals surface area contributed by atoms with E-state index in [2.05, 4.69) is 25.1 Å². The maximum absolute atomic E-state index is 13.5. The Hall–Kier alpha value is -3.18.